The number of carbonyl (C=O) groups excluding carboxylic acids is 1. The van der Waals surface area contributed by atoms with E-state index in [0.29, 0.717) is 0 Å². The summed E-state index contributed by atoms with van der Waals surface area (Å²) >= 11 is 0. The van der Waals surface area contributed by atoms with E-state index in [1.165, 1.54) is 0 Å². The molecule has 1 saturated heterocycles. The van der Waals surface area contributed by atoms with E-state index < -0.39 is 0 Å². The highest BCUT2D eigenvalue weighted by atomic mass is 16.2. The Bertz CT molecular complexity index is 603. The van der Waals surface area contributed by atoms with Crippen molar-refractivity contribution in [2.75, 3.05) is 13.1 Å². The van der Waals surface area contributed by atoms with E-state index in [2.05, 4.69) is 4.98 Å². The van der Waals surface area contributed by atoms with Gasteiger partial charge in [0.1, 0.15) is 0 Å². The number of likely N-dealkylation sites (tertiary alicyclic amines) is 1. The first kappa shape index (κ1) is 12.1. The average molecular weight is 255 g/mol. The molecule has 1 aliphatic heterocycles. The van der Waals surface area contributed by atoms with E-state index in [1.807, 2.05) is 35.4 Å². The molecule has 0 radical (unpaired) electrons. The van der Waals surface area contributed by atoms with Crippen LogP contribution in [0.1, 0.15) is 23.2 Å². The fourth-order valence-electron chi connectivity index (χ4n) is 2.50. The van der Waals surface area contributed by atoms with Crippen LogP contribution in [0, 0.1) is 0 Å². The average Bonchev–Trinajstić information content (AvgIpc) is 2.47. The van der Waals surface area contributed by atoms with Crippen molar-refractivity contribution < 1.29 is 4.79 Å². The normalized spacial score (nSPS) is 16.8. The van der Waals surface area contributed by atoms with Crippen molar-refractivity contribution in [2.24, 2.45) is 5.73 Å². The summed E-state index contributed by atoms with van der Waals surface area (Å²) in [5, 5.41) is 2.11. The van der Waals surface area contributed by atoms with Crippen molar-refractivity contribution in [1.29, 1.82) is 0 Å². The van der Waals surface area contributed by atoms with Crippen LogP contribution in [-0.2, 0) is 0 Å². The second-order valence-corrected chi connectivity index (χ2v) is 5.07. The third-order valence-electron chi connectivity index (χ3n) is 3.71. The predicted octanol–water partition coefficient (Wildman–Crippen LogP) is 1.80. The molecule has 2 heterocycles. The Morgan fingerprint density at radius 2 is 2.00 bits per heavy atom. The minimum Gasteiger partial charge on any atom is -0.339 e. The largest absolute Gasteiger partial charge is 0.339 e. The fourth-order valence-corrected chi connectivity index (χ4v) is 2.50. The molecule has 3 rings (SSSR count). The highest BCUT2D eigenvalue weighted by Gasteiger charge is 2.21. The Kier molecular flexibility index (Phi) is 3.17. The van der Waals surface area contributed by atoms with Crippen molar-refractivity contribution in [3.63, 3.8) is 0 Å². The Hall–Kier alpha value is -1.94. The molecule has 0 saturated carbocycles. The molecule has 0 bridgehead atoms. The number of hydrogen-bond donors (Lipinski definition) is 1. The van der Waals surface area contributed by atoms with Crippen LogP contribution in [0.15, 0.2) is 36.7 Å². The van der Waals surface area contributed by atoms with E-state index in [-0.39, 0.29) is 11.9 Å². The monoisotopic (exact) mass is 255 g/mol. The van der Waals surface area contributed by atoms with Gasteiger partial charge in [-0.3, -0.25) is 9.78 Å². The van der Waals surface area contributed by atoms with Gasteiger partial charge in [0.2, 0.25) is 0 Å². The number of nitrogens with two attached hydrogens (primary N) is 1. The number of amides is 1. The SMILES string of the molecule is NC1CCN(C(=O)c2ccc3cnccc3c2)CC1. The highest BCUT2D eigenvalue weighted by Crippen LogP contribution is 2.18. The van der Waals surface area contributed by atoms with Gasteiger partial charge in [0, 0.05) is 42.5 Å². The number of hydrogen-bond acceptors (Lipinski definition) is 3. The lowest BCUT2D eigenvalue weighted by Gasteiger charge is -2.30. The zero-order valence-corrected chi connectivity index (χ0v) is 10.7. The number of fused-ring (bicyclic) bond motifs is 1. The number of nitrogens with zero attached hydrogens (tertiary/aromatic N) is 2. The van der Waals surface area contributed by atoms with Gasteiger partial charge in [-0.25, -0.2) is 0 Å². The van der Waals surface area contributed by atoms with Gasteiger partial charge >= 0.3 is 0 Å². The van der Waals surface area contributed by atoms with Gasteiger partial charge < -0.3 is 10.6 Å². The molecule has 1 amide bonds. The van der Waals surface area contributed by atoms with E-state index in [1.54, 1.807) is 6.20 Å². The smallest absolute Gasteiger partial charge is 0.253 e. The highest BCUT2D eigenvalue weighted by molar-refractivity contribution is 5.98. The van der Waals surface area contributed by atoms with Gasteiger partial charge in [-0.1, -0.05) is 6.07 Å². The minimum atomic E-state index is 0.102. The molecule has 2 N–H and O–H groups in total. The summed E-state index contributed by atoms with van der Waals surface area (Å²) in [4.78, 5) is 18.4. The van der Waals surface area contributed by atoms with E-state index in [0.717, 1.165) is 42.3 Å². The van der Waals surface area contributed by atoms with Crippen LogP contribution >= 0.6 is 0 Å². The van der Waals surface area contributed by atoms with Gasteiger partial charge in [-0.05, 0) is 36.4 Å². The Labute approximate surface area is 112 Å². The summed E-state index contributed by atoms with van der Waals surface area (Å²) in [6.45, 7) is 1.52. The van der Waals surface area contributed by atoms with Gasteiger partial charge in [0.25, 0.3) is 5.91 Å². The lowest BCUT2D eigenvalue weighted by Crippen LogP contribution is -2.42. The van der Waals surface area contributed by atoms with Crippen molar-refractivity contribution in [2.45, 2.75) is 18.9 Å². The third-order valence-corrected chi connectivity index (χ3v) is 3.71. The van der Waals surface area contributed by atoms with E-state index in [9.17, 15) is 4.79 Å². The van der Waals surface area contributed by atoms with Crippen molar-refractivity contribution in [3.05, 3.63) is 42.2 Å². The molecular weight excluding hydrogens is 238 g/mol. The van der Waals surface area contributed by atoms with Crippen LogP contribution in [0.25, 0.3) is 10.8 Å². The first-order valence-corrected chi connectivity index (χ1v) is 6.63. The maximum absolute atomic E-state index is 12.4. The topological polar surface area (TPSA) is 59.2 Å². The zero-order chi connectivity index (χ0) is 13.2. The first-order chi connectivity index (χ1) is 9.24. The Balaban J connectivity index is 1.85. The van der Waals surface area contributed by atoms with Crippen LogP contribution in [0.5, 0.6) is 0 Å². The predicted molar refractivity (Wildman–Crippen MR) is 74.9 cm³/mol. The summed E-state index contributed by atoms with van der Waals surface area (Å²) in [6, 6.07) is 7.94. The van der Waals surface area contributed by atoms with E-state index in [4.69, 9.17) is 5.73 Å². The summed E-state index contributed by atoms with van der Waals surface area (Å²) < 4.78 is 0. The van der Waals surface area contributed by atoms with E-state index >= 15 is 0 Å². The molecular formula is C15H17N3O. The maximum Gasteiger partial charge on any atom is 0.253 e. The van der Waals surface area contributed by atoms with Crippen molar-refractivity contribution in [1.82, 2.24) is 9.88 Å². The molecule has 0 atom stereocenters. The lowest BCUT2D eigenvalue weighted by atomic mass is 10.0. The molecule has 4 heteroatoms. The van der Waals surface area contributed by atoms with Gasteiger partial charge in [0.05, 0.1) is 0 Å². The van der Waals surface area contributed by atoms with Gasteiger partial charge in [-0.15, -0.1) is 0 Å². The van der Waals surface area contributed by atoms with Gasteiger partial charge in [-0.2, -0.15) is 0 Å². The molecule has 2 aromatic rings. The first-order valence-electron chi connectivity index (χ1n) is 6.63. The fraction of sp³-hybridized carbons (Fsp3) is 0.333. The van der Waals surface area contributed by atoms with Crippen LogP contribution in [0.2, 0.25) is 0 Å². The standard InChI is InChI=1S/C15H17N3O/c16-14-4-7-18(8-5-14)15(19)12-1-2-13-10-17-6-3-11(13)9-12/h1-3,6,9-10,14H,4-5,7-8,16H2. The second-order valence-electron chi connectivity index (χ2n) is 5.07. The summed E-state index contributed by atoms with van der Waals surface area (Å²) in [7, 11) is 0. The summed E-state index contributed by atoms with van der Waals surface area (Å²) in [6.07, 6.45) is 5.34. The molecule has 98 valence electrons. The Morgan fingerprint density at radius 3 is 2.79 bits per heavy atom. The Morgan fingerprint density at radius 1 is 1.21 bits per heavy atom. The molecule has 1 aliphatic rings. The summed E-state index contributed by atoms with van der Waals surface area (Å²) in [5.74, 6) is 0.102. The quantitative estimate of drug-likeness (QED) is 0.845. The molecule has 0 spiro atoms. The minimum absolute atomic E-state index is 0.102. The molecule has 19 heavy (non-hydrogen) atoms. The van der Waals surface area contributed by atoms with Crippen molar-refractivity contribution in [3.8, 4) is 0 Å². The number of carbonyl (C=O) groups is 1. The zero-order valence-electron chi connectivity index (χ0n) is 10.7. The second kappa shape index (κ2) is 4.97. The maximum atomic E-state index is 12.4. The number of piperidine rings is 1. The lowest BCUT2D eigenvalue weighted by molar-refractivity contribution is 0.0715. The summed E-state index contributed by atoms with van der Waals surface area (Å²) in [5.41, 5.74) is 6.61. The molecule has 1 fully saturated rings. The van der Waals surface area contributed by atoms with Crippen molar-refractivity contribution >= 4 is 16.7 Å². The molecule has 0 unspecified atom stereocenters. The molecule has 1 aromatic carbocycles. The molecule has 0 aliphatic carbocycles. The number of pyridine rings is 1. The number of benzene rings is 1. The molecule has 1 aromatic heterocycles. The van der Waals surface area contributed by atoms with Crippen LogP contribution in [0.4, 0.5) is 0 Å². The van der Waals surface area contributed by atoms with Crippen LogP contribution in [0.3, 0.4) is 0 Å². The third kappa shape index (κ3) is 2.44. The van der Waals surface area contributed by atoms with Gasteiger partial charge in [0.15, 0.2) is 0 Å². The number of rotatable bonds is 1. The molecule has 4 nitrogen and oxygen atoms in total. The van der Waals surface area contributed by atoms with Crippen LogP contribution < -0.4 is 5.73 Å². The van der Waals surface area contributed by atoms with Crippen LogP contribution in [-0.4, -0.2) is 34.9 Å². The number of aromatic nitrogens is 1.